The van der Waals surface area contributed by atoms with Gasteiger partial charge in [-0.25, -0.2) is 0 Å². The van der Waals surface area contributed by atoms with Gasteiger partial charge in [-0.1, -0.05) is 43.0 Å². The van der Waals surface area contributed by atoms with Gasteiger partial charge in [0.05, 0.1) is 12.5 Å². The van der Waals surface area contributed by atoms with E-state index in [9.17, 15) is 0 Å². The molecule has 37 heavy (non-hydrogen) atoms. The van der Waals surface area contributed by atoms with Crippen molar-refractivity contribution in [3.8, 4) is 5.75 Å². The van der Waals surface area contributed by atoms with E-state index in [1.165, 1.54) is 11.1 Å². The number of aromatic amines is 1. The van der Waals surface area contributed by atoms with Crippen molar-refractivity contribution in [3.63, 3.8) is 0 Å². The zero-order valence-corrected chi connectivity index (χ0v) is 20.7. The van der Waals surface area contributed by atoms with Crippen LogP contribution in [0.15, 0.2) is 61.4 Å². The average molecular weight is 493 g/mol. The third-order valence-corrected chi connectivity index (χ3v) is 8.29. The predicted molar refractivity (Wildman–Crippen MR) is 143 cm³/mol. The molecule has 2 aliphatic rings. The van der Waals surface area contributed by atoms with Gasteiger partial charge in [-0.05, 0) is 53.5 Å². The lowest BCUT2D eigenvalue weighted by Gasteiger charge is -2.42. The summed E-state index contributed by atoms with van der Waals surface area (Å²) in [5.74, 6) is 1.68. The van der Waals surface area contributed by atoms with Crippen LogP contribution in [-0.2, 0) is 6.42 Å². The molecule has 0 unspecified atom stereocenters. The van der Waals surface area contributed by atoms with Crippen LogP contribution in [0.1, 0.15) is 41.3 Å². The summed E-state index contributed by atoms with van der Waals surface area (Å²) in [4.78, 5) is 7.30. The smallest absolute Gasteiger partial charge is 0.214 e. The Hall–Kier alpha value is -4.24. The number of piperidine rings is 1. The van der Waals surface area contributed by atoms with E-state index in [4.69, 9.17) is 15.5 Å². The second kappa shape index (κ2) is 8.14. The topological polar surface area (TPSA) is 110 Å². The SMILES string of the molecule is C=C(c1ccccc1)c1n[nH]c2nc(N3CCC4(CC3)Cc3ccc(OC)cc3[C@H]4N)n3cnnc3c12. The van der Waals surface area contributed by atoms with Gasteiger partial charge >= 0.3 is 0 Å². The molecule has 1 atom stereocenters. The molecule has 3 aromatic heterocycles. The van der Waals surface area contributed by atoms with Crippen molar-refractivity contribution < 1.29 is 4.74 Å². The van der Waals surface area contributed by atoms with E-state index in [1.807, 2.05) is 40.8 Å². The largest absolute Gasteiger partial charge is 0.497 e. The highest BCUT2D eigenvalue weighted by Crippen LogP contribution is 2.51. The van der Waals surface area contributed by atoms with Gasteiger partial charge in [0.15, 0.2) is 11.3 Å². The monoisotopic (exact) mass is 492 g/mol. The van der Waals surface area contributed by atoms with Crippen molar-refractivity contribution in [2.24, 2.45) is 11.1 Å². The second-order valence-corrected chi connectivity index (χ2v) is 10.1. The number of ether oxygens (including phenoxy) is 1. The number of fused-ring (bicyclic) bond motifs is 4. The molecule has 1 spiro atoms. The van der Waals surface area contributed by atoms with E-state index >= 15 is 0 Å². The number of H-pyrrole nitrogens is 1. The molecule has 4 heterocycles. The van der Waals surface area contributed by atoms with Crippen LogP contribution in [0.5, 0.6) is 5.75 Å². The summed E-state index contributed by atoms with van der Waals surface area (Å²) in [6, 6.07) is 16.3. The van der Waals surface area contributed by atoms with E-state index in [1.54, 1.807) is 13.4 Å². The summed E-state index contributed by atoms with van der Waals surface area (Å²) in [6.45, 7) is 6.00. The van der Waals surface area contributed by atoms with Crippen LogP contribution in [0, 0.1) is 5.41 Å². The van der Waals surface area contributed by atoms with Crippen LogP contribution in [-0.4, -0.2) is 50.0 Å². The molecule has 9 heteroatoms. The Morgan fingerprint density at radius 3 is 2.76 bits per heavy atom. The first kappa shape index (κ1) is 22.0. The molecule has 1 aliphatic heterocycles. The fraction of sp³-hybridized carbons (Fsp3) is 0.286. The Morgan fingerprint density at radius 2 is 1.97 bits per heavy atom. The summed E-state index contributed by atoms with van der Waals surface area (Å²) in [7, 11) is 1.70. The van der Waals surface area contributed by atoms with E-state index in [0.717, 1.165) is 71.9 Å². The molecule has 1 aliphatic carbocycles. The Morgan fingerprint density at radius 1 is 1.16 bits per heavy atom. The summed E-state index contributed by atoms with van der Waals surface area (Å²) < 4.78 is 7.41. The van der Waals surface area contributed by atoms with Crippen molar-refractivity contribution in [2.75, 3.05) is 25.1 Å². The highest BCUT2D eigenvalue weighted by Gasteiger charge is 2.46. The average Bonchev–Trinajstić information content (AvgIpc) is 3.65. The maximum Gasteiger partial charge on any atom is 0.214 e. The molecule has 1 saturated heterocycles. The van der Waals surface area contributed by atoms with Crippen molar-refractivity contribution >= 4 is 28.2 Å². The number of nitrogens with two attached hydrogens (primary N) is 1. The fourth-order valence-electron chi connectivity index (χ4n) is 6.16. The van der Waals surface area contributed by atoms with E-state index in [2.05, 4.69) is 44.0 Å². The Balaban J connectivity index is 1.20. The Bertz CT molecular complexity index is 1650. The van der Waals surface area contributed by atoms with Gasteiger partial charge in [-0.15, -0.1) is 10.2 Å². The molecule has 0 saturated carbocycles. The minimum atomic E-state index is 0.00397. The number of rotatable bonds is 4. The summed E-state index contributed by atoms with van der Waals surface area (Å²) in [6.07, 6.45) is 4.69. The first-order valence-corrected chi connectivity index (χ1v) is 12.6. The van der Waals surface area contributed by atoms with Crippen molar-refractivity contribution in [1.29, 1.82) is 0 Å². The zero-order chi connectivity index (χ0) is 25.1. The minimum Gasteiger partial charge on any atom is -0.497 e. The predicted octanol–water partition coefficient (Wildman–Crippen LogP) is 3.91. The highest BCUT2D eigenvalue weighted by atomic mass is 16.5. The van der Waals surface area contributed by atoms with Crippen molar-refractivity contribution in [1.82, 2.24) is 29.8 Å². The maximum absolute atomic E-state index is 6.85. The van der Waals surface area contributed by atoms with Gasteiger partial charge in [0.1, 0.15) is 17.8 Å². The molecule has 5 aromatic rings. The van der Waals surface area contributed by atoms with Crippen LogP contribution >= 0.6 is 0 Å². The molecule has 2 aromatic carbocycles. The van der Waals surface area contributed by atoms with Gasteiger partial charge in [0.2, 0.25) is 5.95 Å². The molecular weight excluding hydrogens is 464 g/mol. The number of anilines is 1. The number of benzene rings is 2. The quantitative estimate of drug-likeness (QED) is 0.391. The number of nitrogens with one attached hydrogen (secondary N) is 1. The Labute approximate surface area is 214 Å². The van der Waals surface area contributed by atoms with Crippen LogP contribution in [0.25, 0.3) is 22.3 Å². The van der Waals surface area contributed by atoms with Crippen molar-refractivity contribution in [2.45, 2.75) is 25.3 Å². The van der Waals surface area contributed by atoms with Gasteiger partial charge < -0.3 is 15.4 Å². The van der Waals surface area contributed by atoms with Crippen LogP contribution in [0.2, 0.25) is 0 Å². The molecule has 186 valence electrons. The number of hydrogen-bond acceptors (Lipinski definition) is 7. The van der Waals surface area contributed by atoms with Gasteiger partial charge in [-0.2, -0.15) is 10.1 Å². The number of nitrogens with zero attached hydrogens (tertiary/aromatic N) is 6. The second-order valence-electron chi connectivity index (χ2n) is 10.1. The summed E-state index contributed by atoms with van der Waals surface area (Å²) >= 11 is 0. The first-order valence-electron chi connectivity index (χ1n) is 12.6. The lowest BCUT2D eigenvalue weighted by molar-refractivity contribution is 0.186. The zero-order valence-electron chi connectivity index (χ0n) is 20.7. The molecule has 7 rings (SSSR count). The van der Waals surface area contributed by atoms with Gasteiger partial charge in [-0.3, -0.25) is 9.50 Å². The molecule has 3 N–H and O–H groups in total. The highest BCUT2D eigenvalue weighted by molar-refractivity contribution is 6.00. The number of aromatic nitrogens is 6. The molecule has 1 fully saturated rings. The summed E-state index contributed by atoms with van der Waals surface area (Å²) in [5, 5.41) is 17.2. The minimum absolute atomic E-state index is 0.00397. The van der Waals surface area contributed by atoms with Gasteiger partial charge in [0.25, 0.3) is 0 Å². The standard InChI is InChI=1S/C28H28N8O/c1-17(18-6-4-3-5-7-18)23-22-25(33-32-23)31-27(36-16-30-34-26(22)36)35-12-10-28(11-13-35)15-19-8-9-20(37-2)14-21(19)24(28)29/h3-9,14,16,24H,1,10-13,15,29H2,2H3,(H,32,33)/t24-/m1/s1. The number of methoxy groups -OCH3 is 1. The molecular formula is C28H28N8O. The van der Waals surface area contributed by atoms with Crippen LogP contribution in [0.3, 0.4) is 0 Å². The first-order chi connectivity index (χ1) is 18.1. The van der Waals surface area contributed by atoms with E-state index < -0.39 is 0 Å². The van der Waals surface area contributed by atoms with E-state index in [-0.39, 0.29) is 11.5 Å². The van der Waals surface area contributed by atoms with Gasteiger partial charge in [0, 0.05) is 24.7 Å². The van der Waals surface area contributed by atoms with Crippen LogP contribution < -0.4 is 15.4 Å². The summed E-state index contributed by atoms with van der Waals surface area (Å²) in [5.41, 5.74) is 13.4. The molecule has 9 nitrogen and oxygen atoms in total. The Kier molecular flexibility index (Phi) is 4.84. The third-order valence-electron chi connectivity index (χ3n) is 8.29. The molecule has 0 bridgehead atoms. The lowest BCUT2D eigenvalue weighted by Crippen LogP contribution is -2.45. The normalized spacial score (nSPS) is 18.5. The third kappa shape index (κ3) is 3.27. The molecule has 0 amide bonds. The van der Waals surface area contributed by atoms with Crippen molar-refractivity contribution in [3.05, 3.63) is 83.8 Å². The number of hydrogen-bond donors (Lipinski definition) is 2. The molecule has 0 radical (unpaired) electrons. The van der Waals surface area contributed by atoms with Crippen LogP contribution in [0.4, 0.5) is 5.95 Å². The maximum atomic E-state index is 6.85. The lowest BCUT2D eigenvalue weighted by atomic mass is 9.73. The van der Waals surface area contributed by atoms with E-state index in [0.29, 0.717) is 5.65 Å². The fourth-order valence-corrected chi connectivity index (χ4v) is 6.16.